The molecule has 180 valence electrons. The summed E-state index contributed by atoms with van der Waals surface area (Å²) in [7, 11) is 0. The first-order valence-corrected chi connectivity index (χ1v) is 11.5. The Labute approximate surface area is 204 Å². The van der Waals surface area contributed by atoms with E-state index in [9.17, 15) is 14.4 Å². The number of benzene rings is 2. The van der Waals surface area contributed by atoms with Gasteiger partial charge in [-0.1, -0.05) is 30.3 Å². The summed E-state index contributed by atoms with van der Waals surface area (Å²) in [5.41, 5.74) is 7.91. The molecule has 3 aromatic rings. The molecule has 2 aromatic carbocycles. The van der Waals surface area contributed by atoms with Gasteiger partial charge in [-0.25, -0.2) is 4.98 Å². The number of aryl methyl sites for hydroxylation is 1. The summed E-state index contributed by atoms with van der Waals surface area (Å²) in [5.74, 6) is -0.177. The van der Waals surface area contributed by atoms with Crippen LogP contribution in [0.2, 0.25) is 0 Å². The smallest absolute Gasteiger partial charge is 0.253 e. The van der Waals surface area contributed by atoms with Crippen LogP contribution in [0.5, 0.6) is 5.75 Å². The number of rotatable bonds is 7. The zero-order chi connectivity index (χ0) is 24.8. The predicted molar refractivity (Wildman–Crippen MR) is 132 cm³/mol. The van der Waals surface area contributed by atoms with Crippen molar-refractivity contribution in [3.8, 4) is 5.75 Å². The minimum atomic E-state index is -0.563. The van der Waals surface area contributed by atoms with Crippen LogP contribution in [-0.4, -0.2) is 40.7 Å². The minimum absolute atomic E-state index is 0.125. The number of anilines is 1. The molecule has 1 fully saturated rings. The quantitative estimate of drug-likeness (QED) is 0.546. The van der Waals surface area contributed by atoms with E-state index in [2.05, 4.69) is 10.3 Å². The number of nitrogens with zero attached hydrogens (tertiary/aromatic N) is 2. The molecule has 1 aliphatic rings. The van der Waals surface area contributed by atoms with Gasteiger partial charge in [0.2, 0.25) is 5.91 Å². The number of carbonyl (C=O) groups is 3. The Bertz CT molecular complexity index is 1240. The van der Waals surface area contributed by atoms with Gasteiger partial charge in [-0.3, -0.25) is 14.4 Å². The van der Waals surface area contributed by atoms with Crippen LogP contribution in [0.15, 0.2) is 66.9 Å². The molecule has 0 saturated carbocycles. The Hall–Kier alpha value is -4.20. The second-order valence-corrected chi connectivity index (χ2v) is 8.60. The van der Waals surface area contributed by atoms with Gasteiger partial charge < -0.3 is 20.7 Å². The molecule has 0 spiro atoms. The first kappa shape index (κ1) is 23.9. The Morgan fingerprint density at radius 3 is 2.74 bits per heavy atom. The van der Waals surface area contributed by atoms with Crippen LogP contribution in [0.25, 0.3) is 0 Å². The topological polar surface area (TPSA) is 115 Å². The van der Waals surface area contributed by atoms with E-state index in [4.69, 9.17) is 10.5 Å². The fourth-order valence-electron chi connectivity index (χ4n) is 4.14. The number of carbonyl (C=O) groups excluding carboxylic acids is 3. The lowest BCUT2D eigenvalue weighted by Gasteiger charge is -2.32. The summed E-state index contributed by atoms with van der Waals surface area (Å²) in [6.07, 6.45) is 3.11. The molecule has 0 bridgehead atoms. The molecular weight excluding hydrogens is 444 g/mol. The molecule has 35 heavy (non-hydrogen) atoms. The SMILES string of the molecule is Cc1cccnc1NC(=O)C1CCCN(C(=O)c2cccc(COc3ccccc3C(N)=O)c2)C1. The number of piperidine rings is 1. The maximum atomic E-state index is 13.2. The molecule has 1 atom stereocenters. The Morgan fingerprint density at radius 1 is 1.11 bits per heavy atom. The van der Waals surface area contributed by atoms with Crippen LogP contribution in [0.4, 0.5) is 5.82 Å². The van der Waals surface area contributed by atoms with Crippen molar-refractivity contribution in [1.82, 2.24) is 9.88 Å². The van der Waals surface area contributed by atoms with Gasteiger partial charge in [0.15, 0.2) is 0 Å². The van der Waals surface area contributed by atoms with Crippen LogP contribution in [-0.2, 0) is 11.4 Å². The summed E-state index contributed by atoms with van der Waals surface area (Å²) in [5, 5.41) is 2.90. The van der Waals surface area contributed by atoms with E-state index in [1.165, 1.54) is 0 Å². The van der Waals surface area contributed by atoms with Gasteiger partial charge in [-0.15, -0.1) is 0 Å². The van der Waals surface area contributed by atoms with Crippen molar-refractivity contribution in [3.05, 3.63) is 89.1 Å². The largest absolute Gasteiger partial charge is 0.488 e. The lowest BCUT2D eigenvalue weighted by molar-refractivity contribution is -0.121. The highest BCUT2D eigenvalue weighted by molar-refractivity contribution is 5.96. The summed E-state index contributed by atoms with van der Waals surface area (Å²) in [6.45, 7) is 3.02. The van der Waals surface area contributed by atoms with Crippen molar-refractivity contribution in [3.63, 3.8) is 0 Å². The molecule has 1 aromatic heterocycles. The molecule has 1 unspecified atom stereocenters. The lowest BCUT2D eigenvalue weighted by atomic mass is 9.96. The summed E-state index contributed by atoms with van der Waals surface area (Å²) in [4.78, 5) is 43.6. The number of ether oxygens (including phenoxy) is 1. The molecule has 1 aliphatic heterocycles. The number of pyridine rings is 1. The van der Waals surface area contributed by atoms with Crippen LogP contribution in [0.1, 0.15) is 44.7 Å². The van der Waals surface area contributed by atoms with Gasteiger partial charge in [0.25, 0.3) is 11.8 Å². The number of nitrogens with one attached hydrogen (secondary N) is 1. The Kier molecular flexibility index (Phi) is 7.40. The van der Waals surface area contributed by atoms with E-state index in [0.717, 1.165) is 17.5 Å². The highest BCUT2D eigenvalue weighted by Gasteiger charge is 2.29. The molecule has 2 heterocycles. The number of nitrogens with two attached hydrogens (primary N) is 1. The number of amides is 3. The standard InChI is InChI=1S/C27H28N4O4/c1-18-7-5-13-29-25(18)30-26(33)21-10-6-14-31(16-21)27(34)20-9-4-8-19(15-20)17-35-23-12-3-2-11-22(23)24(28)32/h2-5,7-9,11-13,15,21H,6,10,14,16-17H2,1H3,(H2,28,32)(H,29,30,33). The lowest BCUT2D eigenvalue weighted by Crippen LogP contribution is -2.43. The van der Waals surface area contributed by atoms with E-state index in [1.807, 2.05) is 25.1 Å². The van der Waals surface area contributed by atoms with Crippen LogP contribution >= 0.6 is 0 Å². The average Bonchev–Trinajstić information content (AvgIpc) is 2.88. The zero-order valence-electron chi connectivity index (χ0n) is 19.6. The maximum absolute atomic E-state index is 13.2. The van der Waals surface area contributed by atoms with Crippen LogP contribution in [0, 0.1) is 12.8 Å². The number of para-hydroxylation sites is 1. The third kappa shape index (κ3) is 5.84. The number of likely N-dealkylation sites (tertiary alicyclic amines) is 1. The molecule has 8 nitrogen and oxygen atoms in total. The number of aromatic nitrogens is 1. The second-order valence-electron chi connectivity index (χ2n) is 8.60. The van der Waals surface area contributed by atoms with Gasteiger partial charge in [0, 0.05) is 24.8 Å². The third-order valence-corrected chi connectivity index (χ3v) is 6.05. The number of hydrogen-bond acceptors (Lipinski definition) is 5. The predicted octanol–water partition coefficient (Wildman–Crippen LogP) is 3.56. The second kappa shape index (κ2) is 10.8. The van der Waals surface area contributed by atoms with E-state index in [0.29, 0.717) is 42.2 Å². The molecule has 3 N–H and O–H groups in total. The van der Waals surface area contributed by atoms with Crippen LogP contribution < -0.4 is 15.8 Å². The molecule has 0 aliphatic carbocycles. The molecule has 3 amide bonds. The van der Waals surface area contributed by atoms with Gasteiger partial charge in [0.1, 0.15) is 18.2 Å². The van der Waals surface area contributed by atoms with Crippen molar-refractivity contribution >= 4 is 23.5 Å². The molecule has 8 heteroatoms. The van der Waals surface area contributed by atoms with Crippen molar-refractivity contribution in [1.29, 1.82) is 0 Å². The van der Waals surface area contributed by atoms with Gasteiger partial charge in [0.05, 0.1) is 11.5 Å². The molecule has 4 rings (SSSR count). The van der Waals surface area contributed by atoms with Crippen LogP contribution in [0.3, 0.4) is 0 Å². The molecular formula is C27H28N4O4. The van der Waals surface area contributed by atoms with E-state index in [1.54, 1.807) is 53.6 Å². The number of primary amides is 1. The molecule has 1 saturated heterocycles. The first-order valence-electron chi connectivity index (χ1n) is 11.5. The van der Waals surface area contributed by atoms with Crippen molar-refractivity contribution in [2.75, 3.05) is 18.4 Å². The van der Waals surface area contributed by atoms with Gasteiger partial charge in [-0.2, -0.15) is 0 Å². The first-order chi connectivity index (χ1) is 16.9. The van der Waals surface area contributed by atoms with E-state index in [-0.39, 0.29) is 24.3 Å². The monoisotopic (exact) mass is 472 g/mol. The zero-order valence-corrected chi connectivity index (χ0v) is 19.6. The minimum Gasteiger partial charge on any atom is -0.488 e. The van der Waals surface area contributed by atoms with Crippen molar-refractivity contribution in [2.45, 2.75) is 26.4 Å². The Morgan fingerprint density at radius 2 is 1.94 bits per heavy atom. The van der Waals surface area contributed by atoms with Crippen molar-refractivity contribution in [2.24, 2.45) is 11.7 Å². The summed E-state index contributed by atoms with van der Waals surface area (Å²) < 4.78 is 5.79. The fourth-order valence-corrected chi connectivity index (χ4v) is 4.14. The highest BCUT2D eigenvalue weighted by atomic mass is 16.5. The molecule has 0 radical (unpaired) electrons. The highest BCUT2D eigenvalue weighted by Crippen LogP contribution is 2.22. The van der Waals surface area contributed by atoms with E-state index < -0.39 is 5.91 Å². The summed E-state index contributed by atoms with van der Waals surface area (Å²) >= 11 is 0. The van der Waals surface area contributed by atoms with Gasteiger partial charge >= 0.3 is 0 Å². The third-order valence-electron chi connectivity index (χ3n) is 6.05. The van der Waals surface area contributed by atoms with Crippen molar-refractivity contribution < 1.29 is 19.1 Å². The fraction of sp³-hybridized carbons (Fsp3) is 0.259. The average molecular weight is 473 g/mol. The Balaban J connectivity index is 1.40. The number of hydrogen-bond donors (Lipinski definition) is 2. The normalized spacial score (nSPS) is 15.3. The maximum Gasteiger partial charge on any atom is 0.253 e. The summed E-state index contributed by atoms with van der Waals surface area (Å²) in [6, 6.07) is 17.7. The van der Waals surface area contributed by atoms with Gasteiger partial charge in [-0.05, 0) is 61.2 Å². The van der Waals surface area contributed by atoms with E-state index >= 15 is 0 Å².